The normalized spacial score (nSPS) is 14.8. The highest BCUT2D eigenvalue weighted by atomic mass is 32.2. The van der Waals surface area contributed by atoms with Gasteiger partial charge in [-0.3, -0.25) is 4.72 Å². The molecule has 1 aromatic carbocycles. The van der Waals surface area contributed by atoms with Gasteiger partial charge in [0.15, 0.2) is 11.6 Å². The fourth-order valence-electron chi connectivity index (χ4n) is 2.56. The van der Waals surface area contributed by atoms with Crippen LogP contribution in [0.5, 0.6) is 0 Å². The van der Waals surface area contributed by atoms with Crippen molar-refractivity contribution >= 4 is 33.2 Å². The van der Waals surface area contributed by atoms with E-state index >= 15 is 0 Å². The Bertz CT molecular complexity index is 800. The maximum absolute atomic E-state index is 11.7. The zero-order valence-electron chi connectivity index (χ0n) is 14.3. The van der Waals surface area contributed by atoms with E-state index in [0.29, 0.717) is 5.82 Å². The van der Waals surface area contributed by atoms with Gasteiger partial charge in [-0.2, -0.15) is 12.7 Å². The second kappa shape index (κ2) is 7.24. The van der Waals surface area contributed by atoms with Crippen LogP contribution in [0.1, 0.15) is 12.8 Å². The monoisotopic (exact) mass is 362 g/mol. The molecule has 2 heterocycles. The Morgan fingerprint density at radius 3 is 2.12 bits per heavy atom. The molecule has 2 aromatic rings. The molecule has 0 unspecified atom stereocenters. The third kappa shape index (κ3) is 4.37. The van der Waals surface area contributed by atoms with Crippen LogP contribution in [-0.4, -0.2) is 50.1 Å². The van der Waals surface area contributed by atoms with Gasteiger partial charge in [-0.15, -0.1) is 10.2 Å². The number of hydrogen-bond donors (Lipinski definition) is 2. The molecule has 0 saturated carbocycles. The van der Waals surface area contributed by atoms with E-state index in [0.717, 1.165) is 23.1 Å². The standard InChI is InChI=1S/C16H22N6O2S/c1-21(2)25(23,24)20-16-10-9-15(18-19-16)17-13-5-7-14(8-6-13)22-11-3-4-12-22/h5-10H,3-4,11-12H2,1-2H3,(H,17,18)(H,19,20). The minimum Gasteiger partial charge on any atom is -0.372 e. The lowest BCUT2D eigenvalue weighted by molar-refractivity contribution is 0.526. The van der Waals surface area contributed by atoms with Crippen molar-refractivity contribution in [2.24, 2.45) is 0 Å². The number of nitrogens with one attached hydrogen (secondary N) is 2. The van der Waals surface area contributed by atoms with Gasteiger partial charge in [0.1, 0.15) is 0 Å². The number of aromatic nitrogens is 2. The van der Waals surface area contributed by atoms with Crippen molar-refractivity contribution in [2.75, 3.05) is 42.1 Å². The predicted octanol–water partition coefficient (Wildman–Crippen LogP) is 2.04. The van der Waals surface area contributed by atoms with Crippen LogP contribution in [0, 0.1) is 0 Å². The molecule has 0 spiro atoms. The van der Waals surface area contributed by atoms with Crippen LogP contribution in [0.2, 0.25) is 0 Å². The fraction of sp³-hybridized carbons (Fsp3) is 0.375. The van der Waals surface area contributed by atoms with E-state index in [9.17, 15) is 8.42 Å². The average Bonchev–Trinajstić information content (AvgIpc) is 3.11. The summed E-state index contributed by atoms with van der Waals surface area (Å²) in [6.07, 6.45) is 2.50. The molecule has 0 amide bonds. The minimum atomic E-state index is -3.58. The molecule has 2 N–H and O–H groups in total. The zero-order chi connectivity index (χ0) is 17.9. The van der Waals surface area contributed by atoms with E-state index in [1.165, 1.54) is 32.6 Å². The Labute approximate surface area is 148 Å². The van der Waals surface area contributed by atoms with E-state index < -0.39 is 10.2 Å². The molecule has 134 valence electrons. The van der Waals surface area contributed by atoms with Gasteiger partial charge in [0.25, 0.3) is 0 Å². The van der Waals surface area contributed by atoms with Crippen molar-refractivity contribution in [2.45, 2.75) is 12.8 Å². The third-order valence-corrected chi connectivity index (χ3v) is 5.42. The molecule has 0 radical (unpaired) electrons. The lowest BCUT2D eigenvalue weighted by atomic mass is 10.2. The molecule has 0 bridgehead atoms. The molecule has 1 fully saturated rings. The topological polar surface area (TPSA) is 90.5 Å². The Balaban J connectivity index is 1.63. The van der Waals surface area contributed by atoms with Crippen molar-refractivity contribution in [1.82, 2.24) is 14.5 Å². The summed E-state index contributed by atoms with van der Waals surface area (Å²) in [6.45, 7) is 2.23. The number of anilines is 4. The van der Waals surface area contributed by atoms with E-state index in [-0.39, 0.29) is 5.82 Å². The second-order valence-corrected chi connectivity index (χ2v) is 7.94. The smallest absolute Gasteiger partial charge is 0.302 e. The van der Waals surface area contributed by atoms with Crippen LogP contribution in [-0.2, 0) is 10.2 Å². The first kappa shape index (κ1) is 17.4. The largest absolute Gasteiger partial charge is 0.372 e. The Morgan fingerprint density at radius 2 is 1.56 bits per heavy atom. The molecule has 0 aliphatic carbocycles. The summed E-state index contributed by atoms with van der Waals surface area (Å²) in [5.74, 6) is 0.713. The zero-order valence-corrected chi connectivity index (χ0v) is 15.1. The van der Waals surface area contributed by atoms with Crippen LogP contribution in [0.25, 0.3) is 0 Å². The average molecular weight is 362 g/mol. The maximum Gasteiger partial charge on any atom is 0.302 e. The first-order valence-corrected chi connectivity index (χ1v) is 9.54. The summed E-state index contributed by atoms with van der Waals surface area (Å²) >= 11 is 0. The van der Waals surface area contributed by atoms with E-state index in [1.807, 2.05) is 12.1 Å². The predicted molar refractivity (Wildman–Crippen MR) is 99.4 cm³/mol. The number of benzene rings is 1. The molecule has 1 aliphatic heterocycles. The van der Waals surface area contributed by atoms with Crippen LogP contribution < -0.4 is 14.9 Å². The lowest BCUT2D eigenvalue weighted by Crippen LogP contribution is -2.29. The summed E-state index contributed by atoms with van der Waals surface area (Å²) in [4.78, 5) is 2.37. The first-order valence-electron chi connectivity index (χ1n) is 8.10. The molecular weight excluding hydrogens is 340 g/mol. The highest BCUT2D eigenvalue weighted by Crippen LogP contribution is 2.23. The van der Waals surface area contributed by atoms with Gasteiger partial charge in [-0.1, -0.05) is 0 Å². The molecule has 8 nitrogen and oxygen atoms in total. The quantitative estimate of drug-likeness (QED) is 0.817. The minimum absolute atomic E-state index is 0.170. The van der Waals surface area contributed by atoms with Crippen molar-refractivity contribution in [3.8, 4) is 0 Å². The van der Waals surface area contributed by atoms with Gasteiger partial charge in [-0.25, -0.2) is 0 Å². The van der Waals surface area contributed by atoms with Crippen LogP contribution in [0.3, 0.4) is 0 Å². The summed E-state index contributed by atoms with van der Waals surface area (Å²) in [7, 11) is -0.696. The molecule has 25 heavy (non-hydrogen) atoms. The van der Waals surface area contributed by atoms with Crippen molar-refractivity contribution < 1.29 is 8.42 Å². The fourth-order valence-corrected chi connectivity index (χ4v) is 3.11. The summed E-state index contributed by atoms with van der Waals surface area (Å²) in [5, 5.41) is 11.0. The van der Waals surface area contributed by atoms with Gasteiger partial charge in [0.05, 0.1) is 0 Å². The Kier molecular flexibility index (Phi) is 5.05. The van der Waals surface area contributed by atoms with Gasteiger partial charge < -0.3 is 10.2 Å². The maximum atomic E-state index is 11.7. The highest BCUT2D eigenvalue weighted by Gasteiger charge is 2.14. The summed E-state index contributed by atoms with van der Waals surface area (Å²) in [6, 6.07) is 11.4. The Hall–Kier alpha value is -2.39. The number of hydrogen-bond acceptors (Lipinski definition) is 6. The highest BCUT2D eigenvalue weighted by molar-refractivity contribution is 7.90. The van der Waals surface area contributed by atoms with Gasteiger partial charge in [-0.05, 0) is 49.2 Å². The molecule has 1 saturated heterocycles. The van der Waals surface area contributed by atoms with Crippen molar-refractivity contribution in [3.63, 3.8) is 0 Å². The number of nitrogens with zero attached hydrogens (tertiary/aromatic N) is 4. The van der Waals surface area contributed by atoms with Gasteiger partial charge >= 0.3 is 10.2 Å². The molecule has 3 rings (SSSR count). The summed E-state index contributed by atoms with van der Waals surface area (Å²) < 4.78 is 26.9. The molecule has 0 atom stereocenters. The van der Waals surface area contributed by atoms with E-state index in [2.05, 4.69) is 37.3 Å². The SMILES string of the molecule is CN(C)S(=O)(=O)Nc1ccc(Nc2ccc(N3CCCC3)cc2)nn1. The molecular formula is C16H22N6O2S. The summed E-state index contributed by atoms with van der Waals surface area (Å²) in [5.41, 5.74) is 2.13. The molecule has 1 aromatic heterocycles. The van der Waals surface area contributed by atoms with Gasteiger partial charge in [0.2, 0.25) is 0 Å². The third-order valence-electron chi connectivity index (χ3n) is 3.99. The lowest BCUT2D eigenvalue weighted by Gasteiger charge is -2.17. The molecule has 1 aliphatic rings. The van der Waals surface area contributed by atoms with Crippen LogP contribution >= 0.6 is 0 Å². The van der Waals surface area contributed by atoms with E-state index in [4.69, 9.17) is 0 Å². The van der Waals surface area contributed by atoms with E-state index in [1.54, 1.807) is 12.1 Å². The van der Waals surface area contributed by atoms with Crippen LogP contribution in [0.4, 0.5) is 23.0 Å². The van der Waals surface area contributed by atoms with Crippen molar-refractivity contribution in [1.29, 1.82) is 0 Å². The van der Waals surface area contributed by atoms with Crippen molar-refractivity contribution in [3.05, 3.63) is 36.4 Å². The second-order valence-electron chi connectivity index (χ2n) is 6.06. The molecule has 9 heteroatoms. The Morgan fingerprint density at radius 1 is 0.960 bits per heavy atom. The first-order chi connectivity index (χ1) is 11.9. The number of rotatable bonds is 6. The van der Waals surface area contributed by atoms with Crippen LogP contribution in [0.15, 0.2) is 36.4 Å². The van der Waals surface area contributed by atoms with Gasteiger partial charge in [0, 0.05) is 38.6 Å².